The van der Waals surface area contributed by atoms with Crippen molar-refractivity contribution < 1.29 is 9.90 Å². The summed E-state index contributed by atoms with van der Waals surface area (Å²) in [6.45, 7) is 0. The second-order valence-electron chi connectivity index (χ2n) is 5.01. The van der Waals surface area contributed by atoms with Crippen LogP contribution in [0.5, 0.6) is 0 Å². The summed E-state index contributed by atoms with van der Waals surface area (Å²) >= 11 is 0. The average Bonchev–Trinajstić information content (AvgIpc) is 2.38. The van der Waals surface area contributed by atoms with Crippen molar-refractivity contribution in [2.75, 3.05) is 0 Å². The first-order chi connectivity index (χ1) is 8.27. The Hall–Kier alpha value is -1.31. The van der Waals surface area contributed by atoms with Gasteiger partial charge in [-0.15, -0.1) is 0 Å². The fourth-order valence-corrected chi connectivity index (χ4v) is 2.98. The van der Waals surface area contributed by atoms with Crippen LogP contribution in [0.15, 0.2) is 30.3 Å². The van der Waals surface area contributed by atoms with Gasteiger partial charge in [0, 0.05) is 0 Å². The normalized spacial score (nSPS) is 18.8. The molecule has 2 rings (SSSR count). The van der Waals surface area contributed by atoms with Crippen LogP contribution in [0.2, 0.25) is 0 Å². The van der Waals surface area contributed by atoms with Gasteiger partial charge in [-0.1, -0.05) is 49.6 Å². The molecule has 1 aromatic carbocycles. The van der Waals surface area contributed by atoms with Gasteiger partial charge in [0.15, 0.2) is 0 Å². The molecule has 0 saturated heterocycles. The van der Waals surface area contributed by atoms with Crippen molar-refractivity contribution in [2.24, 2.45) is 5.92 Å². The SMILES string of the molecule is O=C(O)C[C@@H](c1ccccc1)C1CCCCC1. The third-order valence-electron chi connectivity index (χ3n) is 3.84. The minimum atomic E-state index is -0.676. The summed E-state index contributed by atoms with van der Waals surface area (Å²) in [7, 11) is 0. The van der Waals surface area contributed by atoms with E-state index in [0.717, 1.165) is 0 Å². The molecule has 0 radical (unpaired) electrons. The van der Waals surface area contributed by atoms with Gasteiger partial charge in [0.1, 0.15) is 0 Å². The molecule has 1 fully saturated rings. The Balaban J connectivity index is 2.15. The van der Waals surface area contributed by atoms with E-state index in [4.69, 9.17) is 5.11 Å². The summed E-state index contributed by atoms with van der Waals surface area (Å²) < 4.78 is 0. The molecule has 0 amide bonds. The van der Waals surface area contributed by atoms with Gasteiger partial charge in [0.25, 0.3) is 0 Å². The van der Waals surface area contributed by atoms with Gasteiger partial charge >= 0.3 is 5.97 Å². The van der Waals surface area contributed by atoms with E-state index < -0.39 is 5.97 Å². The molecule has 17 heavy (non-hydrogen) atoms. The van der Waals surface area contributed by atoms with E-state index in [2.05, 4.69) is 12.1 Å². The van der Waals surface area contributed by atoms with E-state index in [-0.39, 0.29) is 12.3 Å². The number of aliphatic carboxylic acids is 1. The number of rotatable bonds is 4. The number of benzene rings is 1. The molecular formula is C15H20O2. The monoisotopic (exact) mass is 232 g/mol. The van der Waals surface area contributed by atoms with Crippen molar-refractivity contribution in [1.29, 1.82) is 0 Å². The summed E-state index contributed by atoms with van der Waals surface area (Å²) in [4.78, 5) is 11.0. The standard InChI is InChI=1S/C15H20O2/c16-15(17)11-14(12-7-3-1-4-8-12)13-9-5-2-6-10-13/h1,3-4,7-8,13-14H,2,5-6,9-11H2,(H,16,17)/t14-/m0/s1. The third kappa shape index (κ3) is 3.32. The van der Waals surface area contributed by atoms with Crippen LogP contribution < -0.4 is 0 Å². The first-order valence-electron chi connectivity index (χ1n) is 6.54. The molecule has 0 heterocycles. The number of carboxylic acid groups (broad SMARTS) is 1. The highest BCUT2D eigenvalue weighted by molar-refractivity contribution is 5.68. The van der Waals surface area contributed by atoms with Crippen LogP contribution >= 0.6 is 0 Å². The molecule has 1 aromatic rings. The highest BCUT2D eigenvalue weighted by Gasteiger charge is 2.26. The van der Waals surface area contributed by atoms with E-state index in [9.17, 15) is 4.79 Å². The van der Waals surface area contributed by atoms with Crippen LogP contribution in [0, 0.1) is 5.92 Å². The fraction of sp³-hybridized carbons (Fsp3) is 0.533. The topological polar surface area (TPSA) is 37.3 Å². The van der Waals surface area contributed by atoms with Crippen molar-refractivity contribution in [1.82, 2.24) is 0 Å². The van der Waals surface area contributed by atoms with Gasteiger partial charge in [0.05, 0.1) is 6.42 Å². The van der Waals surface area contributed by atoms with Crippen LogP contribution in [0.3, 0.4) is 0 Å². The molecule has 0 aliphatic heterocycles. The maximum absolute atomic E-state index is 11.0. The Labute approximate surface area is 103 Å². The second-order valence-corrected chi connectivity index (χ2v) is 5.01. The predicted octanol–water partition coefficient (Wildman–Crippen LogP) is 3.83. The largest absolute Gasteiger partial charge is 0.481 e. The van der Waals surface area contributed by atoms with Crippen molar-refractivity contribution in [3.63, 3.8) is 0 Å². The maximum Gasteiger partial charge on any atom is 0.303 e. The second kappa shape index (κ2) is 5.85. The number of carbonyl (C=O) groups is 1. The van der Waals surface area contributed by atoms with Gasteiger partial charge in [0.2, 0.25) is 0 Å². The minimum Gasteiger partial charge on any atom is -0.481 e. The van der Waals surface area contributed by atoms with Gasteiger partial charge in [-0.05, 0) is 30.2 Å². The molecule has 2 heteroatoms. The molecule has 1 saturated carbocycles. The van der Waals surface area contributed by atoms with Crippen molar-refractivity contribution >= 4 is 5.97 Å². The van der Waals surface area contributed by atoms with Crippen LogP contribution in [0.1, 0.15) is 50.0 Å². The minimum absolute atomic E-state index is 0.203. The molecule has 0 unspecified atom stereocenters. The zero-order chi connectivity index (χ0) is 12.1. The molecule has 1 aliphatic rings. The van der Waals surface area contributed by atoms with E-state index in [1.165, 1.54) is 37.7 Å². The molecule has 1 N–H and O–H groups in total. The summed E-state index contributed by atoms with van der Waals surface area (Å²) in [5.74, 6) is 0.0840. The number of hydrogen-bond donors (Lipinski definition) is 1. The first kappa shape index (κ1) is 12.2. The number of hydrogen-bond acceptors (Lipinski definition) is 1. The first-order valence-corrected chi connectivity index (χ1v) is 6.54. The predicted molar refractivity (Wildman–Crippen MR) is 68.0 cm³/mol. The van der Waals surface area contributed by atoms with Crippen molar-refractivity contribution in [3.05, 3.63) is 35.9 Å². The average molecular weight is 232 g/mol. The van der Waals surface area contributed by atoms with Gasteiger partial charge in [-0.3, -0.25) is 4.79 Å². The van der Waals surface area contributed by atoms with Gasteiger partial charge < -0.3 is 5.11 Å². The summed E-state index contributed by atoms with van der Waals surface area (Å²) in [5, 5.41) is 9.08. The highest BCUT2D eigenvalue weighted by Crippen LogP contribution is 2.37. The molecule has 1 aliphatic carbocycles. The van der Waals surface area contributed by atoms with Crippen LogP contribution in [0.4, 0.5) is 0 Å². The Morgan fingerprint density at radius 3 is 2.41 bits per heavy atom. The van der Waals surface area contributed by atoms with E-state index in [0.29, 0.717) is 5.92 Å². The Kier molecular flexibility index (Phi) is 4.18. The van der Waals surface area contributed by atoms with Gasteiger partial charge in [-0.25, -0.2) is 0 Å². The molecular weight excluding hydrogens is 212 g/mol. The zero-order valence-corrected chi connectivity index (χ0v) is 10.1. The third-order valence-corrected chi connectivity index (χ3v) is 3.84. The summed E-state index contributed by atoms with van der Waals surface area (Å²) in [6, 6.07) is 10.1. The van der Waals surface area contributed by atoms with Crippen molar-refractivity contribution in [2.45, 2.75) is 44.4 Å². The molecule has 92 valence electrons. The van der Waals surface area contributed by atoms with Crippen LogP contribution in [0.25, 0.3) is 0 Å². The van der Waals surface area contributed by atoms with Crippen molar-refractivity contribution in [3.8, 4) is 0 Å². The highest BCUT2D eigenvalue weighted by atomic mass is 16.4. The molecule has 2 nitrogen and oxygen atoms in total. The molecule has 0 spiro atoms. The van der Waals surface area contributed by atoms with E-state index >= 15 is 0 Å². The zero-order valence-electron chi connectivity index (χ0n) is 10.1. The smallest absolute Gasteiger partial charge is 0.303 e. The van der Waals surface area contributed by atoms with Crippen LogP contribution in [-0.2, 0) is 4.79 Å². The summed E-state index contributed by atoms with van der Waals surface area (Å²) in [6.07, 6.45) is 6.47. The molecule has 1 atom stereocenters. The Bertz CT molecular complexity index is 352. The van der Waals surface area contributed by atoms with Crippen LogP contribution in [-0.4, -0.2) is 11.1 Å². The lowest BCUT2D eigenvalue weighted by Gasteiger charge is -2.29. The van der Waals surface area contributed by atoms with Gasteiger partial charge in [-0.2, -0.15) is 0 Å². The lowest BCUT2D eigenvalue weighted by Crippen LogP contribution is -2.19. The quantitative estimate of drug-likeness (QED) is 0.856. The molecule has 0 bridgehead atoms. The van der Waals surface area contributed by atoms with E-state index in [1.54, 1.807) is 0 Å². The van der Waals surface area contributed by atoms with E-state index in [1.807, 2.05) is 18.2 Å². The Morgan fingerprint density at radius 1 is 1.18 bits per heavy atom. The lowest BCUT2D eigenvalue weighted by molar-refractivity contribution is -0.137. The fourth-order valence-electron chi connectivity index (χ4n) is 2.98. The molecule has 0 aromatic heterocycles. The number of carboxylic acids is 1. The Morgan fingerprint density at radius 2 is 1.82 bits per heavy atom. The summed E-state index contributed by atoms with van der Waals surface area (Å²) in [5.41, 5.74) is 1.20. The lowest BCUT2D eigenvalue weighted by atomic mass is 9.75. The maximum atomic E-state index is 11.0.